The Bertz CT molecular complexity index is 218. The van der Waals surface area contributed by atoms with Crippen molar-refractivity contribution in [1.82, 2.24) is 10.6 Å². The summed E-state index contributed by atoms with van der Waals surface area (Å²) in [5.74, 6) is 0.927. The van der Waals surface area contributed by atoms with Crippen molar-refractivity contribution in [3.8, 4) is 0 Å². The summed E-state index contributed by atoms with van der Waals surface area (Å²) in [5.41, 5.74) is 0. The number of thioether (sulfide) groups is 1. The van der Waals surface area contributed by atoms with Gasteiger partial charge in [-0.1, -0.05) is 0 Å². The van der Waals surface area contributed by atoms with Gasteiger partial charge in [0.25, 0.3) is 0 Å². The summed E-state index contributed by atoms with van der Waals surface area (Å²) in [4.78, 5) is 11.6. The third-order valence-corrected chi connectivity index (χ3v) is 3.66. The van der Waals surface area contributed by atoms with E-state index in [2.05, 4.69) is 10.6 Å². The van der Waals surface area contributed by atoms with E-state index in [1.165, 1.54) is 0 Å². The second-order valence-electron chi connectivity index (χ2n) is 4.48. The van der Waals surface area contributed by atoms with Crippen LogP contribution in [0.25, 0.3) is 0 Å². The lowest BCUT2D eigenvalue weighted by molar-refractivity contribution is 0.117. The minimum absolute atomic E-state index is 0.0806. The highest BCUT2D eigenvalue weighted by Gasteiger charge is 2.20. The lowest BCUT2D eigenvalue weighted by atomic mass is 9.93. The highest BCUT2D eigenvalue weighted by molar-refractivity contribution is 7.98. The van der Waals surface area contributed by atoms with Gasteiger partial charge in [-0.2, -0.15) is 11.8 Å². The van der Waals surface area contributed by atoms with Crippen molar-refractivity contribution in [2.24, 2.45) is 0 Å². The summed E-state index contributed by atoms with van der Waals surface area (Å²) in [7, 11) is 0. The molecule has 1 unspecified atom stereocenters. The van der Waals surface area contributed by atoms with Gasteiger partial charge in [-0.25, -0.2) is 4.79 Å². The Labute approximate surface area is 102 Å². The Morgan fingerprint density at radius 3 is 2.62 bits per heavy atom. The highest BCUT2D eigenvalue weighted by Crippen LogP contribution is 2.18. The molecule has 0 saturated heterocycles. The molecule has 0 aromatic heterocycles. The fourth-order valence-electron chi connectivity index (χ4n) is 1.96. The predicted molar refractivity (Wildman–Crippen MR) is 67.8 cm³/mol. The SMILES string of the molecule is CSCC(C)NC(=O)NC1CCC(O)CC1. The maximum Gasteiger partial charge on any atom is 0.315 e. The van der Waals surface area contributed by atoms with Crippen LogP contribution >= 0.6 is 11.8 Å². The van der Waals surface area contributed by atoms with Crippen LogP contribution in [0.4, 0.5) is 4.79 Å². The number of rotatable bonds is 4. The molecule has 0 heterocycles. The summed E-state index contributed by atoms with van der Waals surface area (Å²) in [6.45, 7) is 2.00. The Morgan fingerprint density at radius 2 is 2.06 bits per heavy atom. The first-order valence-electron chi connectivity index (χ1n) is 5.86. The topological polar surface area (TPSA) is 61.4 Å². The van der Waals surface area contributed by atoms with E-state index in [1.807, 2.05) is 13.2 Å². The largest absolute Gasteiger partial charge is 0.393 e. The molecule has 1 rings (SSSR count). The van der Waals surface area contributed by atoms with Crippen LogP contribution in [-0.4, -0.2) is 41.3 Å². The van der Waals surface area contributed by atoms with Crippen LogP contribution in [0.3, 0.4) is 0 Å². The molecule has 16 heavy (non-hydrogen) atoms. The van der Waals surface area contributed by atoms with Gasteiger partial charge in [-0.05, 0) is 38.9 Å². The van der Waals surface area contributed by atoms with Gasteiger partial charge in [0.1, 0.15) is 0 Å². The Balaban J connectivity index is 2.18. The van der Waals surface area contributed by atoms with E-state index in [4.69, 9.17) is 0 Å². The summed E-state index contributed by atoms with van der Waals surface area (Å²) < 4.78 is 0. The fraction of sp³-hybridized carbons (Fsp3) is 0.909. The zero-order chi connectivity index (χ0) is 12.0. The molecular weight excluding hydrogens is 224 g/mol. The smallest absolute Gasteiger partial charge is 0.315 e. The molecule has 1 aliphatic carbocycles. The number of amides is 2. The second kappa shape index (κ2) is 7.01. The average Bonchev–Trinajstić information content (AvgIpc) is 2.21. The first-order chi connectivity index (χ1) is 7.61. The lowest BCUT2D eigenvalue weighted by Crippen LogP contribution is -2.47. The molecule has 0 aromatic rings. The number of aliphatic hydroxyl groups is 1. The number of hydrogen-bond acceptors (Lipinski definition) is 3. The van der Waals surface area contributed by atoms with Gasteiger partial charge >= 0.3 is 6.03 Å². The second-order valence-corrected chi connectivity index (χ2v) is 5.39. The Hall–Kier alpha value is -0.420. The molecule has 5 heteroatoms. The zero-order valence-electron chi connectivity index (χ0n) is 10.0. The van der Waals surface area contributed by atoms with E-state index in [9.17, 15) is 9.90 Å². The number of urea groups is 1. The molecule has 1 aliphatic rings. The number of carbonyl (C=O) groups is 1. The van der Waals surface area contributed by atoms with Crippen LogP contribution in [0.2, 0.25) is 0 Å². The normalized spacial score (nSPS) is 27.2. The average molecular weight is 246 g/mol. The standard InChI is InChI=1S/C11H22N2O2S/c1-8(7-16-2)12-11(15)13-9-3-5-10(14)6-4-9/h8-10,14H,3-7H2,1-2H3,(H2,12,13,15). The molecule has 1 fully saturated rings. The van der Waals surface area contributed by atoms with Gasteiger partial charge < -0.3 is 15.7 Å². The third kappa shape index (κ3) is 5.07. The van der Waals surface area contributed by atoms with Gasteiger partial charge in [0.05, 0.1) is 6.10 Å². The van der Waals surface area contributed by atoms with Crippen LogP contribution in [0.15, 0.2) is 0 Å². The van der Waals surface area contributed by atoms with Crippen LogP contribution in [0, 0.1) is 0 Å². The quantitative estimate of drug-likeness (QED) is 0.701. The first kappa shape index (κ1) is 13.6. The van der Waals surface area contributed by atoms with Crippen LogP contribution in [0.5, 0.6) is 0 Å². The van der Waals surface area contributed by atoms with Gasteiger partial charge in [-0.3, -0.25) is 0 Å². The Kier molecular flexibility index (Phi) is 5.98. The maximum atomic E-state index is 11.6. The zero-order valence-corrected chi connectivity index (χ0v) is 10.8. The minimum atomic E-state index is -0.170. The van der Waals surface area contributed by atoms with E-state index < -0.39 is 0 Å². The number of carbonyl (C=O) groups excluding carboxylic acids is 1. The van der Waals surface area contributed by atoms with E-state index in [1.54, 1.807) is 11.8 Å². The fourth-order valence-corrected chi connectivity index (χ4v) is 2.55. The molecular formula is C11H22N2O2S. The van der Waals surface area contributed by atoms with Crippen molar-refractivity contribution in [1.29, 1.82) is 0 Å². The van der Waals surface area contributed by atoms with Crippen LogP contribution in [-0.2, 0) is 0 Å². The van der Waals surface area contributed by atoms with Crippen LogP contribution in [0.1, 0.15) is 32.6 Å². The molecule has 0 spiro atoms. The van der Waals surface area contributed by atoms with Crippen molar-refractivity contribution in [2.75, 3.05) is 12.0 Å². The monoisotopic (exact) mass is 246 g/mol. The number of aliphatic hydroxyl groups excluding tert-OH is 1. The molecule has 1 atom stereocenters. The van der Waals surface area contributed by atoms with E-state index in [0.717, 1.165) is 31.4 Å². The summed E-state index contributed by atoms with van der Waals surface area (Å²) in [6, 6.07) is 0.344. The molecule has 1 saturated carbocycles. The highest BCUT2D eigenvalue weighted by atomic mass is 32.2. The third-order valence-electron chi connectivity index (χ3n) is 2.83. The van der Waals surface area contributed by atoms with Gasteiger partial charge in [-0.15, -0.1) is 0 Å². The van der Waals surface area contributed by atoms with Crippen molar-refractivity contribution in [2.45, 2.75) is 50.8 Å². The first-order valence-corrected chi connectivity index (χ1v) is 7.25. The molecule has 2 amide bonds. The lowest BCUT2D eigenvalue weighted by Gasteiger charge is -2.26. The Morgan fingerprint density at radius 1 is 1.44 bits per heavy atom. The van der Waals surface area contributed by atoms with E-state index in [-0.39, 0.29) is 24.2 Å². The van der Waals surface area contributed by atoms with Gasteiger partial charge in [0, 0.05) is 17.8 Å². The maximum absolute atomic E-state index is 11.6. The van der Waals surface area contributed by atoms with Crippen molar-refractivity contribution < 1.29 is 9.90 Å². The van der Waals surface area contributed by atoms with Crippen molar-refractivity contribution in [3.63, 3.8) is 0 Å². The molecule has 4 nitrogen and oxygen atoms in total. The molecule has 0 radical (unpaired) electrons. The van der Waals surface area contributed by atoms with E-state index >= 15 is 0 Å². The summed E-state index contributed by atoms with van der Waals surface area (Å²) in [6.07, 6.45) is 5.21. The predicted octanol–water partition coefficient (Wildman–Crippen LogP) is 1.34. The van der Waals surface area contributed by atoms with E-state index in [0.29, 0.717) is 0 Å². The van der Waals surface area contributed by atoms with Crippen molar-refractivity contribution >= 4 is 17.8 Å². The molecule has 3 N–H and O–H groups in total. The number of nitrogens with one attached hydrogen (secondary N) is 2. The molecule has 0 bridgehead atoms. The molecule has 94 valence electrons. The number of hydrogen-bond donors (Lipinski definition) is 3. The van der Waals surface area contributed by atoms with Crippen molar-refractivity contribution in [3.05, 3.63) is 0 Å². The van der Waals surface area contributed by atoms with Crippen LogP contribution < -0.4 is 10.6 Å². The van der Waals surface area contributed by atoms with Gasteiger partial charge in [0.2, 0.25) is 0 Å². The van der Waals surface area contributed by atoms with Gasteiger partial charge in [0.15, 0.2) is 0 Å². The summed E-state index contributed by atoms with van der Waals surface area (Å²) in [5, 5.41) is 15.2. The summed E-state index contributed by atoms with van der Waals surface area (Å²) >= 11 is 1.72. The minimum Gasteiger partial charge on any atom is -0.393 e. The molecule has 0 aliphatic heterocycles. The molecule has 0 aromatic carbocycles.